The number of benzene rings is 1. The Morgan fingerprint density at radius 1 is 1.30 bits per heavy atom. The molecule has 7 heteroatoms. The van der Waals surface area contributed by atoms with Gasteiger partial charge in [-0.25, -0.2) is 8.42 Å². The highest BCUT2D eigenvalue weighted by Crippen LogP contribution is 2.30. The van der Waals surface area contributed by atoms with Crippen LogP contribution in [-0.4, -0.2) is 39.0 Å². The predicted molar refractivity (Wildman–Crippen MR) is 88.8 cm³/mol. The molecular formula is C16H23NO5S. The molecule has 6 nitrogen and oxygen atoms in total. The van der Waals surface area contributed by atoms with E-state index >= 15 is 0 Å². The molecule has 1 aliphatic rings. The molecule has 0 heterocycles. The fraction of sp³-hybridized carbons (Fsp3) is 0.562. The Labute approximate surface area is 137 Å². The van der Waals surface area contributed by atoms with Gasteiger partial charge in [-0.05, 0) is 31.9 Å². The standard InChI is InChI=1S/C16H23NO5S/c1-3-22-15-9-8-12(21-2)10-14(15)17-16(18)11-23(19,20)13-6-4-5-7-13/h8-10,13H,3-7,11H2,1-2H3,(H,17,18). The Morgan fingerprint density at radius 3 is 2.61 bits per heavy atom. The zero-order valence-corrected chi connectivity index (χ0v) is 14.3. The van der Waals surface area contributed by atoms with Gasteiger partial charge < -0.3 is 14.8 Å². The van der Waals surface area contributed by atoms with Crippen molar-refractivity contribution < 1.29 is 22.7 Å². The molecule has 23 heavy (non-hydrogen) atoms. The van der Waals surface area contributed by atoms with E-state index in [2.05, 4.69) is 5.32 Å². The van der Waals surface area contributed by atoms with Crippen molar-refractivity contribution in [2.24, 2.45) is 0 Å². The molecule has 1 aromatic carbocycles. The van der Waals surface area contributed by atoms with E-state index in [0.717, 1.165) is 12.8 Å². The molecule has 1 N–H and O–H groups in total. The number of carbonyl (C=O) groups is 1. The Balaban J connectivity index is 2.09. The highest BCUT2D eigenvalue weighted by molar-refractivity contribution is 7.92. The van der Waals surface area contributed by atoms with Crippen molar-refractivity contribution in [3.05, 3.63) is 18.2 Å². The molecule has 0 spiro atoms. The normalized spacial score (nSPS) is 15.4. The third kappa shape index (κ3) is 4.60. The summed E-state index contributed by atoms with van der Waals surface area (Å²) in [6.45, 7) is 2.27. The molecular weight excluding hydrogens is 318 g/mol. The highest BCUT2D eigenvalue weighted by atomic mass is 32.2. The van der Waals surface area contributed by atoms with Gasteiger partial charge in [0.1, 0.15) is 17.3 Å². The number of sulfone groups is 1. The largest absolute Gasteiger partial charge is 0.497 e. The summed E-state index contributed by atoms with van der Waals surface area (Å²) >= 11 is 0. The van der Waals surface area contributed by atoms with E-state index in [1.54, 1.807) is 18.2 Å². The van der Waals surface area contributed by atoms with Gasteiger partial charge in [-0.2, -0.15) is 0 Å². The van der Waals surface area contributed by atoms with Crippen LogP contribution in [0.4, 0.5) is 5.69 Å². The van der Waals surface area contributed by atoms with Crippen molar-refractivity contribution in [2.45, 2.75) is 37.9 Å². The molecule has 0 bridgehead atoms. The summed E-state index contributed by atoms with van der Waals surface area (Å²) in [5.74, 6) is -0.00565. The van der Waals surface area contributed by atoms with Gasteiger partial charge in [-0.1, -0.05) is 12.8 Å². The van der Waals surface area contributed by atoms with Crippen LogP contribution in [0.2, 0.25) is 0 Å². The van der Waals surface area contributed by atoms with E-state index < -0.39 is 21.5 Å². The number of hydrogen-bond acceptors (Lipinski definition) is 5. The molecule has 0 aliphatic heterocycles. The number of carbonyl (C=O) groups excluding carboxylic acids is 1. The first kappa shape index (κ1) is 17.6. The van der Waals surface area contributed by atoms with E-state index in [0.29, 0.717) is 36.6 Å². The van der Waals surface area contributed by atoms with Crippen molar-refractivity contribution in [3.63, 3.8) is 0 Å². The first-order valence-corrected chi connectivity index (χ1v) is 9.50. The number of ether oxygens (including phenoxy) is 2. The Morgan fingerprint density at radius 2 is 2.00 bits per heavy atom. The molecule has 1 aliphatic carbocycles. The SMILES string of the molecule is CCOc1ccc(OC)cc1NC(=O)CS(=O)(=O)C1CCCC1. The second-order valence-electron chi connectivity index (χ2n) is 5.56. The molecule has 1 aromatic rings. The maximum atomic E-state index is 12.3. The molecule has 0 radical (unpaired) electrons. The Kier molecular flexibility index (Phi) is 5.87. The third-order valence-corrected chi connectivity index (χ3v) is 6.05. The van der Waals surface area contributed by atoms with Crippen LogP contribution < -0.4 is 14.8 Å². The average molecular weight is 341 g/mol. The molecule has 0 atom stereocenters. The van der Waals surface area contributed by atoms with Crippen LogP contribution in [0.1, 0.15) is 32.6 Å². The zero-order valence-electron chi connectivity index (χ0n) is 13.5. The lowest BCUT2D eigenvalue weighted by molar-refractivity contribution is -0.113. The number of anilines is 1. The summed E-state index contributed by atoms with van der Waals surface area (Å²) in [6.07, 6.45) is 3.13. The van der Waals surface area contributed by atoms with Gasteiger partial charge in [0.15, 0.2) is 9.84 Å². The lowest BCUT2D eigenvalue weighted by Gasteiger charge is -2.14. The van der Waals surface area contributed by atoms with E-state index in [-0.39, 0.29) is 5.25 Å². The molecule has 1 saturated carbocycles. The minimum Gasteiger partial charge on any atom is -0.497 e. The summed E-state index contributed by atoms with van der Waals surface area (Å²) < 4.78 is 35.1. The van der Waals surface area contributed by atoms with Crippen LogP contribution in [0.5, 0.6) is 11.5 Å². The Hall–Kier alpha value is -1.76. The topological polar surface area (TPSA) is 81.7 Å². The first-order chi connectivity index (χ1) is 11.0. The third-order valence-electron chi connectivity index (χ3n) is 3.90. The fourth-order valence-corrected chi connectivity index (χ4v) is 4.47. The van der Waals surface area contributed by atoms with Crippen molar-refractivity contribution in [3.8, 4) is 11.5 Å². The van der Waals surface area contributed by atoms with Crippen molar-refractivity contribution in [1.82, 2.24) is 0 Å². The van der Waals surface area contributed by atoms with Crippen LogP contribution in [0.25, 0.3) is 0 Å². The number of hydrogen-bond donors (Lipinski definition) is 1. The van der Waals surface area contributed by atoms with Gasteiger partial charge in [0, 0.05) is 6.07 Å². The smallest absolute Gasteiger partial charge is 0.239 e. The molecule has 128 valence electrons. The van der Waals surface area contributed by atoms with Crippen LogP contribution in [0.15, 0.2) is 18.2 Å². The average Bonchev–Trinajstić information content (AvgIpc) is 3.04. The van der Waals surface area contributed by atoms with Gasteiger partial charge in [-0.15, -0.1) is 0 Å². The highest BCUT2D eigenvalue weighted by Gasteiger charge is 2.30. The van der Waals surface area contributed by atoms with Crippen molar-refractivity contribution >= 4 is 21.4 Å². The Bertz CT molecular complexity index is 650. The second-order valence-corrected chi connectivity index (χ2v) is 7.84. The van der Waals surface area contributed by atoms with Gasteiger partial charge in [-0.3, -0.25) is 4.79 Å². The summed E-state index contributed by atoms with van der Waals surface area (Å²) in [6, 6.07) is 5.02. The number of rotatable bonds is 7. The zero-order chi connectivity index (χ0) is 16.9. The number of methoxy groups -OCH3 is 1. The van der Waals surface area contributed by atoms with Gasteiger partial charge >= 0.3 is 0 Å². The maximum Gasteiger partial charge on any atom is 0.239 e. The second kappa shape index (κ2) is 7.68. The van der Waals surface area contributed by atoms with Gasteiger partial charge in [0.25, 0.3) is 0 Å². The fourth-order valence-electron chi connectivity index (χ4n) is 2.75. The first-order valence-electron chi connectivity index (χ1n) is 7.78. The van der Waals surface area contributed by atoms with Gasteiger partial charge in [0.2, 0.25) is 5.91 Å². The number of nitrogens with one attached hydrogen (secondary N) is 1. The van der Waals surface area contributed by atoms with Crippen LogP contribution in [0.3, 0.4) is 0 Å². The van der Waals surface area contributed by atoms with E-state index in [4.69, 9.17) is 9.47 Å². The number of amides is 1. The molecule has 0 aromatic heterocycles. The quantitative estimate of drug-likeness (QED) is 0.823. The minimum absolute atomic E-state index is 0.384. The summed E-state index contributed by atoms with van der Waals surface area (Å²) in [4.78, 5) is 12.2. The van der Waals surface area contributed by atoms with Crippen molar-refractivity contribution in [2.75, 3.05) is 24.8 Å². The lowest BCUT2D eigenvalue weighted by atomic mass is 10.2. The predicted octanol–water partition coefficient (Wildman–Crippen LogP) is 2.39. The van der Waals surface area contributed by atoms with Gasteiger partial charge in [0.05, 0.1) is 24.7 Å². The van der Waals surface area contributed by atoms with Crippen LogP contribution in [0, 0.1) is 0 Å². The lowest BCUT2D eigenvalue weighted by Crippen LogP contribution is -2.29. The van der Waals surface area contributed by atoms with E-state index in [9.17, 15) is 13.2 Å². The maximum absolute atomic E-state index is 12.3. The van der Waals surface area contributed by atoms with E-state index in [1.807, 2.05) is 6.92 Å². The molecule has 1 fully saturated rings. The molecule has 0 saturated heterocycles. The van der Waals surface area contributed by atoms with Crippen LogP contribution in [-0.2, 0) is 14.6 Å². The summed E-state index contributed by atoms with van der Waals surface area (Å²) in [5.41, 5.74) is 0.415. The minimum atomic E-state index is -3.40. The van der Waals surface area contributed by atoms with E-state index in [1.165, 1.54) is 7.11 Å². The molecule has 0 unspecified atom stereocenters. The summed E-state index contributed by atoms with van der Waals surface area (Å²) in [7, 11) is -1.88. The van der Waals surface area contributed by atoms with Crippen molar-refractivity contribution in [1.29, 1.82) is 0 Å². The monoisotopic (exact) mass is 341 g/mol. The molecule has 2 rings (SSSR count). The van der Waals surface area contributed by atoms with Crippen LogP contribution >= 0.6 is 0 Å². The molecule has 1 amide bonds. The summed E-state index contributed by atoms with van der Waals surface area (Å²) in [5, 5.41) is 2.24.